The highest BCUT2D eigenvalue weighted by Crippen LogP contribution is 2.19. The molecule has 0 atom stereocenters. The van der Waals surface area contributed by atoms with Gasteiger partial charge >= 0.3 is 0 Å². The summed E-state index contributed by atoms with van der Waals surface area (Å²) < 4.78 is 10.7. The lowest BCUT2D eigenvalue weighted by Gasteiger charge is -2.03. The van der Waals surface area contributed by atoms with Crippen LogP contribution in [-0.4, -0.2) is 6.21 Å². The van der Waals surface area contributed by atoms with Crippen LogP contribution in [0.2, 0.25) is 0 Å². The average molecular weight is 291 g/mol. The van der Waals surface area contributed by atoms with Crippen molar-refractivity contribution in [3.63, 3.8) is 0 Å². The maximum absolute atomic E-state index is 5.61. The summed E-state index contributed by atoms with van der Waals surface area (Å²) in [6, 6.07) is 7.83. The van der Waals surface area contributed by atoms with Crippen LogP contribution in [0.4, 0.5) is 0 Å². The molecule has 0 unspecified atom stereocenters. The second-order valence-electron chi connectivity index (χ2n) is 4.16. The molecule has 3 heteroatoms. The first-order valence-electron chi connectivity index (χ1n) is 6.88. The van der Waals surface area contributed by atoms with Gasteiger partial charge < -0.3 is 9.47 Å². The summed E-state index contributed by atoms with van der Waals surface area (Å²) in [5.41, 5.74) is 1.01. The lowest BCUT2D eigenvalue weighted by Crippen LogP contribution is -1.85. The third-order valence-corrected chi connectivity index (χ3v) is 2.58. The maximum atomic E-state index is 5.61. The molecule has 0 aromatic heterocycles. The normalized spacial score (nSPS) is 24.9. The fourth-order valence-corrected chi connectivity index (χ4v) is 1.59. The van der Waals surface area contributed by atoms with Gasteiger partial charge in [0.15, 0.2) is 0 Å². The summed E-state index contributed by atoms with van der Waals surface area (Å²) in [4.78, 5) is 4.02. The van der Waals surface area contributed by atoms with E-state index in [9.17, 15) is 0 Å². The zero-order valence-corrected chi connectivity index (χ0v) is 12.1. The minimum atomic E-state index is 0.787. The van der Waals surface area contributed by atoms with Crippen molar-refractivity contribution in [2.24, 2.45) is 4.99 Å². The number of hydrogen-bond acceptors (Lipinski definition) is 3. The van der Waals surface area contributed by atoms with E-state index in [2.05, 4.69) is 4.99 Å². The standard InChI is InChI=1S/C19H17NO2/c1-2-4-8-15-21-17-14-20-13-9-16-22-19-12-7-6-11-18(19)10-5-3-1/h1-17H/b3-1-,4-2-,10-5-,15-8-,16-9-,17-14-,20-13-. The largest absolute Gasteiger partial charge is 0.471 e. The van der Waals surface area contributed by atoms with Gasteiger partial charge in [-0.3, -0.25) is 4.99 Å². The van der Waals surface area contributed by atoms with Crippen molar-refractivity contribution < 1.29 is 9.47 Å². The van der Waals surface area contributed by atoms with Crippen LogP contribution in [0.15, 0.2) is 96.8 Å². The molecule has 0 saturated heterocycles. The van der Waals surface area contributed by atoms with E-state index in [1.54, 1.807) is 37.1 Å². The van der Waals surface area contributed by atoms with E-state index in [4.69, 9.17) is 9.47 Å². The van der Waals surface area contributed by atoms with E-state index < -0.39 is 0 Å². The predicted octanol–water partition coefficient (Wildman–Crippen LogP) is 4.79. The van der Waals surface area contributed by atoms with Gasteiger partial charge in [0, 0.05) is 11.8 Å². The lowest BCUT2D eigenvalue weighted by atomic mass is 10.2. The van der Waals surface area contributed by atoms with Crippen molar-refractivity contribution in [1.29, 1.82) is 0 Å². The van der Waals surface area contributed by atoms with Crippen molar-refractivity contribution in [1.82, 2.24) is 0 Å². The molecule has 1 heterocycles. The monoisotopic (exact) mass is 291 g/mol. The smallest absolute Gasteiger partial charge is 0.133 e. The first-order chi connectivity index (χ1) is 11.0. The van der Waals surface area contributed by atoms with Crippen LogP contribution in [0.25, 0.3) is 6.08 Å². The minimum Gasteiger partial charge on any atom is -0.471 e. The molecular formula is C19H17NO2. The molecule has 1 aliphatic rings. The molecule has 3 nitrogen and oxygen atoms in total. The number of fused-ring (bicyclic) bond motifs is 1. The van der Waals surface area contributed by atoms with Crippen molar-refractivity contribution >= 4 is 12.3 Å². The fraction of sp³-hybridized carbons (Fsp3) is 0. The molecule has 0 amide bonds. The van der Waals surface area contributed by atoms with Crippen LogP contribution < -0.4 is 4.74 Å². The van der Waals surface area contributed by atoms with Gasteiger partial charge in [-0.25, -0.2) is 0 Å². The molecule has 1 aliphatic heterocycles. The SMILES string of the molecule is C1=C\C=C/O\C=C/N=C\C=C/Oc2ccccc2/C=C\C=C/1. The summed E-state index contributed by atoms with van der Waals surface area (Å²) in [5.74, 6) is 0.787. The summed E-state index contributed by atoms with van der Waals surface area (Å²) in [6.45, 7) is 0. The topological polar surface area (TPSA) is 30.8 Å². The Labute approximate surface area is 130 Å². The molecule has 1 aromatic carbocycles. The number of hydrogen-bond donors (Lipinski definition) is 0. The van der Waals surface area contributed by atoms with Gasteiger partial charge in [0.05, 0.1) is 18.7 Å². The number of ether oxygens (including phenoxy) is 2. The van der Waals surface area contributed by atoms with Gasteiger partial charge in [0.25, 0.3) is 0 Å². The Kier molecular flexibility index (Phi) is 6.81. The predicted molar refractivity (Wildman–Crippen MR) is 91.4 cm³/mol. The minimum absolute atomic E-state index is 0.787. The van der Waals surface area contributed by atoms with E-state index in [-0.39, 0.29) is 0 Å². The maximum Gasteiger partial charge on any atom is 0.133 e. The highest BCUT2D eigenvalue weighted by molar-refractivity contribution is 5.71. The summed E-state index contributed by atoms with van der Waals surface area (Å²) in [7, 11) is 0. The molecule has 0 aliphatic carbocycles. The molecule has 1 aromatic rings. The number of para-hydroxylation sites is 1. The number of nitrogens with zero attached hydrogens (tertiary/aromatic N) is 1. The first-order valence-corrected chi connectivity index (χ1v) is 6.88. The van der Waals surface area contributed by atoms with Crippen LogP contribution in [-0.2, 0) is 4.74 Å². The zero-order valence-electron chi connectivity index (χ0n) is 12.1. The van der Waals surface area contributed by atoms with Crippen molar-refractivity contribution in [2.75, 3.05) is 0 Å². The van der Waals surface area contributed by atoms with Gasteiger partial charge in [-0.15, -0.1) is 0 Å². The Balaban J connectivity index is 2.17. The van der Waals surface area contributed by atoms with Gasteiger partial charge in [0.2, 0.25) is 0 Å². The first kappa shape index (κ1) is 15.3. The Morgan fingerprint density at radius 3 is 2.50 bits per heavy atom. The number of rotatable bonds is 0. The van der Waals surface area contributed by atoms with Crippen LogP contribution in [0.3, 0.4) is 0 Å². The van der Waals surface area contributed by atoms with E-state index >= 15 is 0 Å². The fourth-order valence-electron chi connectivity index (χ4n) is 1.59. The highest BCUT2D eigenvalue weighted by Gasteiger charge is 1.96. The summed E-state index contributed by atoms with van der Waals surface area (Å²) in [6.07, 6.45) is 23.0. The van der Waals surface area contributed by atoms with Crippen LogP contribution in [0, 0.1) is 0 Å². The Bertz CT molecular complexity index is 662. The van der Waals surface area contributed by atoms with Gasteiger partial charge in [-0.05, 0) is 18.2 Å². The number of allylic oxidation sites excluding steroid dienone is 7. The molecule has 0 spiro atoms. The molecule has 2 rings (SSSR count). The third kappa shape index (κ3) is 5.92. The van der Waals surface area contributed by atoms with E-state index in [0.717, 1.165) is 11.3 Å². The highest BCUT2D eigenvalue weighted by atomic mass is 16.5. The zero-order chi connectivity index (χ0) is 15.3. The molecule has 0 radical (unpaired) electrons. The summed E-state index contributed by atoms with van der Waals surface area (Å²) >= 11 is 0. The average Bonchev–Trinajstić information content (AvgIpc) is 2.55. The molecule has 110 valence electrons. The van der Waals surface area contributed by atoms with Gasteiger partial charge in [0.1, 0.15) is 12.0 Å². The molecule has 0 bridgehead atoms. The lowest BCUT2D eigenvalue weighted by molar-refractivity contribution is 0.402. The Morgan fingerprint density at radius 1 is 0.727 bits per heavy atom. The van der Waals surface area contributed by atoms with Crippen molar-refractivity contribution in [2.45, 2.75) is 0 Å². The van der Waals surface area contributed by atoms with Crippen LogP contribution >= 0.6 is 0 Å². The van der Waals surface area contributed by atoms with E-state index in [1.165, 1.54) is 6.26 Å². The number of aliphatic imine (C=N–C) groups is 1. The quantitative estimate of drug-likeness (QED) is 0.688. The molecule has 0 saturated carbocycles. The summed E-state index contributed by atoms with van der Waals surface area (Å²) in [5, 5.41) is 0. The van der Waals surface area contributed by atoms with E-state index in [0.29, 0.717) is 0 Å². The molecular weight excluding hydrogens is 274 g/mol. The van der Waals surface area contributed by atoms with Crippen LogP contribution in [0.5, 0.6) is 5.75 Å². The second-order valence-corrected chi connectivity index (χ2v) is 4.16. The van der Waals surface area contributed by atoms with Crippen molar-refractivity contribution in [3.05, 3.63) is 97.3 Å². The van der Waals surface area contributed by atoms with Crippen molar-refractivity contribution in [3.8, 4) is 5.75 Å². The van der Waals surface area contributed by atoms with Gasteiger partial charge in [-0.1, -0.05) is 54.7 Å². The van der Waals surface area contributed by atoms with Gasteiger partial charge in [-0.2, -0.15) is 0 Å². The Hall–Kier alpha value is -3.07. The molecule has 22 heavy (non-hydrogen) atoms. The van der Waals surface area contributed by atoms with Crippen LogP contribution in [0.1, 0.15) is 5.56 Å². The Morgan fingerprint density at radius 2 is 1.55 bits per heavy atom. The molecule has 0 N–H and O–H groups in total. The third-order valence-electron chi connectivity index (χ3n) is 2.58. The molecule has 0 fully saturated rings. The van der Waals surface area contributed by atoms with E-state index in [1.807, 2.05) is 60.7 Å². The number of benzene rings is 1. The second kappa shape index (κ2) is 9.77.